The van der Waals surface area contributed by atoms with Crippen molar-refractivity contribution in [3.05, 3.63) is 104 Å². The number of hydrogen-bond acceptors (Lipinski definition) is 7. The van der Waals surface area contributed by atoms with Gasteiger partial charge in [-0.1, -0.05) is 17.7 Å². The highest BCUT2D eigenvalue weighted by molar-refractivity contribution is 6.32. The maximum Gasteiger partial charge on any atom is 0.363 e. The largest absolute Gasteiger partial charge is 0.493 e. The van der Waals surface area contributed by atoms with Gasteiger partial charge in [-0.15, -0.1) is 0 Å². The van der Waals surface area contributed by atoms with Gasteiger partial charge in [0.1, 0.15) is 12.4 Å². The molecule has 172 valence electrons. The fourth-order valence-corrected chi connectivity index (χ4v) is 3.42. The molecule has 0 amide bonds. The number of hydrogen-bond donors (Lipinski definition) is 0. The molecule has 10 heteroatoms. The van der Waals surface area contributed by atoms with Crippen molar-refractivity contribution in [1.29, 1.82) is 0 Å². The number of carbonyl (C=O) groups excluding carboxylic acids is 1. The monoisotopic (exact) mass is 482 g/mol. The summed E-state index contributed by atoms with van der Waals surface area (Å²) >= 11 is 6.39. The molecule has 0 aliphatic carbocycles. The number of methoxy groups -OCH3 is 1. The number of aliphatic imine (C=N–C) groups is 1. The molecule has 34 heavy (non-hydrogen) atoms. The van der Waals surface area contributed by atoms with Crippen molar-refractivity contribution in [2.24, 2.45) is 4.99 Å². The average Bonchev–Trinajstić information content (AvgIpc) is 3.18. The van der Waals surface area contributed by atoms with Crippen LogP contribution in [0.15, 0.2) is 71.4 Å². The van der Waals surface area contributed by atoms with Gasteiger partial charge in [-0.3, -0.25) is 10.1 Å². The molecule has 0 bridgehead atoms. The molecule has 0 N–H and O–H groups in total. The second-order valence-electron chi connectivity index (χ2n) is 7.09. The van der Waals surface area contributed by atoms with E-state index in [1.165, 1.54) is 43.5 Å². The molecule has 4 rings (SSSR count). The smallest absolute Gasteiger partial charge is 0.363 e. The van der Waals surface area contributed by atoms with Gasteiger partial charge in [-0.05, 0) is 59.7 Å². The van der Waals surface area contributed by atoms with Crippen LogP contribution < -0.4 is 9.47 Å². The van der Waals surface area contributed by atoms with Crippen LogP contribution in [0.25, 0.3) is 6.08 Å². The van der Waals surface area contributed by atoms with Crippen LogP contribution in [0.1, 0.15) is 16.7 Å². The molecule has 0 unspecified atom stereocenters. The molecule has 0 radical (unpaired) electrons. The highest BCUT2D eigenvalue weighted by Gasteiger charge is 2.25. The number of carbonyl (C=O) groups is 1. The van der Waals surface area contributed by atoms with Gasteiger partial charge in [0.2, 0.25) is 5.90 Å². The Kier molecular flexibility index (Phi) is 6.55. The number of esters is 1. The molecule has 1 heterocycles. The Morgan fingerprint density at radius 1 is 1.18 bits per heavy atom. The Bertz CT molecular complexity index is 1340. The van der Waals surface area contributed by atoms with E-state index in [1.807, 2.05) is 0 Å². The van der Waals surface area contributed by atoms with Crippen LogP contribution in [0, 0.1) is 15.9 Å². The molecule has 1 aliphatic heterocycles. The van der Waals surface area contributed by atoms with Crippen LogP contribution in [0.3, 0.4) is 0 Å². The highest BCUT2D eigenvalue weighted by Crippen LogP contribution is 2.38. The highest BCUT2D eigenvalue weighted by atomic mass is 35.5. The zero-order valence-electron chi connectivity index (χ0n) is 17.7. The van der Waals surface area contributed by atoms with Crippen LogP contribution >= 0.6 is 11.6 Å². The number of nitro groups is 1. The third-order valence-electron chi connectivity index (χ3n) is 4.78. The Balaban J connectivity index is 1.56. The molecule has 0 spiro atoms. The lowest BCUT2D eigenvalue weighted by atomic mass is 10.1. The summed E-state index contributed by atoms with van der Waals surface area (Å²) in [6.45, 7) is 0.0993. The van der Waals surface area contributed by atoms with Gasteiger partial charge >= 0.3 is 5.97 Å². The summed E-state index contributed by atoms with van der Waals surface area (Å²) in [6, 6.07) is 14.6. The maximum absolute atomic E-state index is 13.5. The minimum atomic E-state index is -0.687. The summed E-state index contributed by atoms with van der Waals surface area (Å²) in [5.74, 6) is -0.594. The molecule has 0 atom stereocenters. The van der Waals surface area contributed by atoms with E-state index in [-0.39, 0.29) is 34.7 Å². The first-order valence-electron chi connectivity index (χ1n) is 9.86. The number of nitrogens with zero attached hydrogens (tertiary/aromatic N) is 2. The lowest BCUT2D eigenvalue weighted by molar-refractivity contribution is -0.384. The van der Waals surface area contributed by atoms with Crippen LogP contribution in [-0.4, -0.2) is 23.9 Å². The summed E-state index contributed by atoms with van der Waals surface area (Å²) in [4.78, 5) is 26.7. The Morgan fingerprint density at radius 2 is 1.94 bits per heavy atom. The van der Waals surface area contributed by atoms with Crippen molar-refractivity contribution in [1.82, 2.24) is 0 Å². The Labute approximate surface area is 198 Å². The van der Waals surface area contributed by atoms with E-state index < -0.39 is 16.7 Å². The molecular formula is C24H16ClFN2O6. The summed E-state index contributed by atoms with van der Waals surface area (Å²) < 4.78 is 29.8. The van der Waals surface area contributed by atoms with Crippen molar-refractivity contribution in [3.63, 3.8) is 0 Å². The minimum Gasteiger partial charge on any atom is -0.493 e. The predicted octanol–water partition coefficient (Wildman–Crippen LogP) is 5.32. The fraction of sp³-hybridized carbons (Fsp3) is 0.0833. The molecule has 0 saturated carbocycles. The van der Waals surface area contributed by atoms with E-state index in [0.717, 1.165) is 0 Å². The van der Waals surface area contributed by atoms with E-state index >= 15 is 0 Å². The quantitative estimate of drug-likeness (QED) is 0.195. The average molecular weight is 483 g/mol. The van der Waals surface area contributed by atoms with E-state index in [9.17, 15) is 19.3 Å². The number of halogens is 2. The third kappa shape index (κ3) is 5.05. The number of non-ortho nitro benzene ring substituents is 1. The maximum atomic E-state index is 13.5. The van der Waals surface area contributed by atoms with Crippen molar-refractivity contribution in [2.75, 3.05) is 7.11 Å². The van der Waals surface area contributed by atoms with Crippen LogP contribution in [0.4, 0.5) is 10.1 Å². The lowest BCUT2D eigenvalue weighted by Crippen LogP contribution is -2.05. The summed E-state index contributed by atoms with van der Waals surface area (Å²) in [5.41, 5.74) is 1.52. The van der Waals surface area contributed by atoms with Crippen molar-refractivity contribution < 1.29 is 28.3 Å². The normalized spacial score (nSPS) is 14.0. The van der Waals surface area contributed by atoms with Gasteiger partial charge in [0, 0.05) is 17.7 Å². The SMILES string of the molecule is COc1cc(C=C2N=C(c3cccc(F)c3)OC2=O)cc(Cl)c1OCc1ccc([N+](=O)[O-])cc1. The van der Waals surface area contributed by atoms with Gasteiger partial charge in [0.15, 0.2) is 17.2 Å². The molecule has 0 fully saturated rings. The number of rotatable bonds is 7. The predicted molar refractivity (Wildman–Crippen MR) is 122 cm³/mol. The number of nitro benzene ring substituents is 1. The molecular weight excluding hydrogens is 467 g/mol. The molecule has 0 aromatic heterocycles. The number of ether oxygens (including phenoxy) is 3. The minimum absolute atomic E-state index is 0.00290. The first-order valence-corrected chi connectivity index (χ1v) is 10.2. The summed E-state index contributed by atoms with van der Waals surface area (Å²) in [6.07, 6.45) is 1.46. The molecule has 0 saturated heterocycles. The molecule has 3 aromatic carbocycles. The standard InChI is InChI=1S/C24H16ClFN2O6/c1-32-21-11-15(10-20-24(29)34-23(27-20)16-3-2-4-17(26)12-16)9-19(25)22(21)33-13-14-5-7-18(8-6-14)28(30)31/h2-12H,13H2,1H3. The molecule has 3 aromatic rings. The first kappa shape index (κ1) is 22.9. The lowest BCUT2D eigenvalue weighted by Gasteiger charge is -2.13. The van der Waals surface area contributed by atoms with Gasteiger partial charge in [0.05, 0.1) is 17.1 Å². The zero-order valence-corrected chi connectivity index (χ0v) is 18.4. The Hall–Kier alpha value is -4.24. The van der Waals surface area contributed by atoms with Crippen LogP contribution in [0.5, 0.6) is 11.5 Å². The fourth-order valence-electron chi connectivity index (χ4n) is 3.14. The molecule has 1 aliphatic rings. The second kappa shape index (κ2) is 9.72. The zero-order chi connectivity index (χ0) is 24.2. The van der Waals surface area contributed by atoms with Crippen molar-refractivity contribution in [3.8, 4) is 11.5 Å². The number of cyclic esters (lactones) is 1. The van der Waals surface area contributed by atoms with Gasteiger partial charge in [-0.25, -0.2) is 14.2 Å². The number of benzene rings is 3. The summed E-state index contributed by atoms with van der Waals surface area (Å²) in [7, 11) is 1.44. The third-order valence-corrected chi connectivity index (χ3v) is 5.06. The van der Waals surface area contributed by atoms with Gasteiger partial charge < -0.3 is 14.2 Å². The van der Waals surface area contributed by atoms with E-state index in [1.54, 1.807) is 30.3 Å². The topological polar surface area (TPSA) is 100 Å². The van der Waals surface area contributed by atoms with E-state index in [2.05, 4.69) is 4.99 Å². The first-order chi connectivity index (χ1) is 16.3. The van der Waals surface area contributed by atoms with Gasteiger partial charge in [-0.2, -0.15) is 0 Å². The van der Waals surface area contributed by atoms with Crippen LogP contribution in [-0.2, 0) is 16.1 Å². The molecule has 8 nitrogen and oxygen atoms in total. The van der Waals surface area contributed by atoms with Gasteiger partial charge in [0.25, 0.3) is 5.69 Å². The second-order valence-corrected chi connectivity index (χ2v) is 7.50. The Morgan fingerprint density at radius 3 is 2.62 bits per heavy atom. The van der Waals surface area contributed by atoms with E-state index in [4.69, 9.17) is 25.8 Å². The summed E-state index contributed by atoms with van der Waals surface area (Å²) in [5, 5.41) is 11.0. The van der Waals surface area contributed by atoms with Crippen molar-refractivity contribution >= 4 is 35.2 Å². The van der Waals surface area contributed by atoms with E-state index in [0.29, 0.717) is 22.4 Å². The van der Waals surface area contributed by atoms with Crippen molar-refractivity contribution in [2.45, 2.75) is 6.61 Å². The van der Waals surface area contributed by atoms with Crippen LogP contribution in [0.2, 0.25) is 5.02 Å².